The quantitative estimate of drug-likeness (QED) is 0.485. The van der Waals surface area contributed by atoms with Gasteiger partial charge >= 0.3 is 0 Å². The average Bonchev–Trinajstić information content (AvgIpc) is 3.09. The van der Waals surface area contributed by atoms with Gasteiger partial charge in [-0.2, -0.15) is 0 Å². The molecule has 0 saturated heterocycles. The van der Waals surface area contributed by atoms with Crippen LogP contribution in [-0.2, 0) is 12.8 Å². The van der Waals surface area contributed by atoms with Crippen molar-refractivity contribution < 1.29 is 0 Å². The molecule has 5 aromatic rings. The maximum atomic E-state index is 4.85. The van der Waals surface area contributed by atoms with Crippen LogP contribution in [-0.4, -0.2) is 19.4 Å². The van der Waals surface area contributed by atoms with Gasteiger partial charge in [0.1, 0.15) is 5.65 Å². The van der Waals surface area contributed by atoms with Crippen molar-refractivity contribution in [3.05, 3.63) is 84.1 Å². The minimum absolute atomic E-state index is 0.823. The number of pyridine rings is 3. The van der Waals surface area contributed by atoms with Crippen molar-refractivity contribution in [1.82, 2.24) is 19.4 Å². The van der Waals surface area contributed by atoms with Crippen LogP contribution in [0.2, 0.25) is 0 Å². The first-order valence-corrected chi connectivity index (χ1v) is 8.85. The molecule has 4 aromatic heterocycles. The minimum Gasteiger partial charge on any atom is -0.306 e. The first-order chi connectivity index (χ1) is 12.8. The van der Waals surface area contributed by atoms with Gasteiger partial charge in [0.15, 0.2) is 5.65 Å². The van der Waals surface area contributed by atoms with Gasteiger partial charge in [-0.25, -0.2) is 15.0 Å². The topological polar surface area (TPSA) is 43.1 Å². The minimum atomic E-state index is 0.823. The molecule has 0 spiro atoms. The van der Waals surface area contributed by atoms with Crippen LogP contribution >= 0.6 is 0 Å². The monoisotopic (exact) mass is 338 g/mol. The molecule has 5 rings (SSSR count). The van der Waals surface area contributed by atoms with E-state index in [1.165, 1.54) is 10.8 Å². The zero-order valence-corrected chi connectivity index (χ0v) is 14.6. The normalized spacial score (nSPS) is 11.6. The zero-order valence-electron chi connectivity index (χ0n) is 14.6. The van der Waals surface area contributed by atoms with Gasteiger partial charge in [0.25, 0.3) is 0 Å². The van der Waals surface area contributed by atoms with Crippen LogP contribution in [0.1, 0.15) is 17.1 Å². The smallest absolute Gasteiger partial charge is 0.159 e. The molecular formula is C22H18N4. The zero-order chi connectivity index (χ0) is 17.5. The van der Waals surface area contributed by atoms with Crippen molar-refractivity contribution in [2.75, 3.05) is 0 Å². The van der Waals surface area contributed by atoms with Gasteiger partial charge in [-0.3, -0.25) is 0 Å². The summed E-state index contributed by atoms with van der Waals surface area (Å²) in [6, 6.07) is 18.8. The fourth-order valence-corrected chi connectivity index (χ4v) is 3.41. The Balaban J connectivity index is 1.45. The Bertz CT molecular complexity index is 1250. The highest BCUT2D eigenvalue weighted by Gasteiger charge is 2.07. The summed E-state index contributed by atoms with van der Waals surface area (Å²) < 4.78 is 2.11. The van der Waals surface area contributed by atoms with Gasteiger partial charge in [-0.15, -0.1) is 0 Å². The number of aryl methyl sites for hydroxylation is 3. The third-order valence-electron chi connectivity index (χ3n) is 4.79. The Morgan fingerprint density at radius 2 is 1.62 bits per heavy atom. The van der Waals surface area contributed by atoms with E-state index < -0.39 is 0 Å². The number of aromatic nitrogens is 4. The molecule has 4 nitrogen and oxygen atoms in total. The molecule has 0 N–H and O–H groups in total. The number of imidazole rings is 1. The third-order valence-corrected chi connectivity index (χ3v) is 4.79. The first-order valence-electron chi connectivity index (χ1n) is 8.85. The van der Waals surface area contributed by atoms with Gasteiger partial charge < -0.3 is 4.40 Å². The van der Waals surface area contributed by atoms with E-state index in [1.54, 1.807) is 0 Å². The lowest BCUT2D eigenvalue weighted by molar-refractivity contribution is 0.894. The van der Waals surface area contributed by atoms with E-state index in [1.807, 2.05) is 13.0 Å². The third kappa shape index (κ3) is 2.60. The first kappa shape index (κ1) is 15.0. The van der Waals surface area contributed by atoms with Crippen molar-refractivity contribution in [2.45, 2.75) is 19.8 Å². The molecule has 0 fully saturated rings. The maximum absolute atomic E-state index is 4.85. The van der Waals surface area contributed by atoms with E-state index in [-0.39, 0.29) is 0 Å². The SMILES string of the molecule is Cc1ccc2ccc(CCc3cn4ccc5ccccc5c4n3)nc2n1. The Hall–Kier alpha value is -3.27. The highest BCUT2D eigenvalue weighted by molar-refractivity contribution is 5.93. The maximum Gasteiger partial charge on any atom is 0.159 e. The summed E-state index contributed by atoms with van der Waals surface area (Å²) >= 11 is 0. The van der Waals surface area contributed by atoms with E-state index in [4.69, 9.17) is 9.97 Å². The molecule has 4 heterocycles. The second-order valence-electron chi connectivity index (χ2n) is 6.67. The van der Waals surface area contributed by atoms with Crippen LogP contribution in [0.5, 0.6) is 0 Å². The van der Waals surface area contributed by atoms with Crippen LogP contribution in [0.3, 0.4) is 0 Å². The van der Waals surface area contributed by atoms with Crippen LogP contribution in [0.4, 0.5) is 0 Å². The summed E-state index contributed by atoms with van der Waals surface area (Å²) in [5.41, 5.74) is 4.97. The van der Waals surface area contributed by atoms with Gasteiger partial charge in [0, 0.05) is 34.6 Å². The van der Waals surface area contributed by atoms with Crippen molar-refractivity contribution in [2.24, 2.45) is 0 Å². The second kappa shape index (κ2) is 5.92. The van der Waals surface area contributed by atoms with Gasteiger partial charge in [0.05, 0.1) is 5.69 Å². The summed E-state index contributed by atoms with van der Waals surface area (Å²) in [6.07, 6.45) is 5.91. The summed E-state index contributed by atoms with van der Waals surface area (Å²) in [7, 11) is 0. The summed E-state index contributed by atoms with van der Waals surface area (Å²) in [5.74, 6) is 0. The van der Waals surface area contributed by atoms with Crippen LogP contribution in [0.15, 0.2) is 67.0 Å². The molecule has 0 aliphatic heterocycles. The van der Waals surface area contributed by atoms with Crippen LogP contribution in [0.25, 0.3) is 27.5 Å². The Kier molecular flexibility index (Phi) is 3.42. The van der Waals surface area contributed by atoms with Crippen molar-refractivity contribution >= 4 is 27.5 Å². The fraction of sp³-hybridized carbons (Fsp3) is 0.136. The van der Waals surface area contributed by atoms with Gasteiger partial charge in [-0.05, 0) is 55.5 Å². The molecular weight excluding hydrogens is 320 g/mol. The number of hydrogen-bond acceptors (Lipinski definition) is 3. The number of nitrogens with zero attached hydrogens (tertiary/aromatic N) is 4. The molecule has 0 saturated carbocycles. The molecule has 126 valence electrons. The highest BCUT2D eigenvalue weighted by atomic mass is 15.0. The van der Waals surface area contributed by atoms with E-state index in [9.17, 15) is 0 Å². The number of rotatable bonds is 3. The summed E-state index contributed by atoms with van der Waals surface area (Å²) in [4.78, 5) is 14.1. The predicted octanol–water partition coefficient (Wildman–Crippen LogP) is 4.52. The molecule has 4 heteroatoms. The molecule has 0 radical (unpaired) electrons. The van der Waals surface area contributed by atoms with Crippen molar-refractivity contribution in [3.63, 3.8) is 0 Å². The summed E-state index contributed by atoms with van der Waals surface area (Å²) in [5, 5.41) is 3.48. The van der Waals surface area contributed by atoms with Crippen LogP contribution < -0.4 is 0 Å². The van der Waals surface area contributed by atoms with Gasteiger partial charge in [0.2, 0.25) is 0 Å². The number of hydrogen-bond donors (Lipinski definition) is 0. The lowest BCUT2D eigenvalue weighted by Crippen LogP contribution is -1.96. The van der Waals surface area contributed by atoms with Crippen molar-refractivity contribution in [1.29, 1.82) is 0 Å². The molecule has 0 aliphatic carbocycles. The largest absolute Gasteiger partial charge is 0.306 e. The number of fused-ring (bicyclic) bond motifs is 4. The molecule has 26 heavy (non-hydrogen) atoms. The Labute approximate surface area is 151 Å². The molecule has 0 bridgehead atoms. The lowest BCUT2D eigenvalue weighted by Gasteiger charge is -2.02. The van der Waals surface area contributed by atoms with E-state index in [2.05, 4.69) is 70.3 Å². The molecule has 0 aliphatic rings. The average molecular weight is 338 g/mol. The summed E-state index contributed by atoms with van der Waals surface area (Å²) in [6.45, 7) is 1.99. The lowest BCUT2D eigenvalue weighted by atomic mass is 10.1. The van der Waals surface area contributed by atoms with E-state index in [0.717, 1.165) is 46.6 Å². The molecule has 0 atom stereocenters. The number of benzene rings is 1. The molecule has 0 amide bonds. The van der Waals surface area contributed by atoms with E-state index in [0.29, 0.717) is 0 Å². The standard InChI is InChI=1S/C22H18N4/c1-15-6-7-17-8-9-18(24-21(17)23-15)10-11-19-14-26-13-12-16-4-2-3-5-20(16)22(26)25-19/h2-9,12-14H,10-11H2,1H3. The van der Waals surface area contributed by atoms with E-state index >= 15 is 0 Å². The molecule has 0 unspecified atom stereocenters. The van der Waals surface area contributed by atoms with Crippen LogP contribution in [0, 0.1) is 6.92 Å². The predicted molar refractivity (Wildman–Crippen MR) is 104 cm³/mol. The van der Waals surface area contributed by atoms with Gasteiger partial charge in [-0.1, -0.05) is 24.3 Å². The highest BCUT2D eigenvalue weighted by Crippen LogP contribution is 2.20. The molecule has 1 aromatic carbocycles. The van der Waals surface area contributed by atoms with Crippen molar-refractivity contribution in [3.8, 4) is 0 Å². The fourth-order valence-electron chi connectivity index (χ4n) is 3.41. The second-order valence-corrected chi connectivity index (χ2v) is 6.67. The Morgan fingerprint density at radius 3 is 2.58 bits per heavy atom. The Morgan fingerprint density at radius 1 is 0.769 bits per heavy atom.